The highest BCUT2D eigenvalue weighted by Gasteiger charge is 2.30. The van der Waals surface area contributed by atoms with E-state index in [-0.39, 0.29) is 23.8 Å². The number of carbonyl (C=O) groups is 3. The number of nitrogens with zero attached hydrogens (tertiary/aromatic N) is 4. The fraction of sp³-hybridized carbons (Fsp3) is 0.812. The zero-order chi connectivity index (χ0) is 17.0. The second kappa shape index (κ2) is 7.77. The monoisotopic (exact) mass is 324 g/mol. The maximum Gasteiger partial charge on any atom is 0.239 e. The fourth-order valence-electron chi connectivity index (χ4n) is 3.30. The molecule has 2 saturated heterocycles. The molecule has 2 rings (SSSR count). The van der Waals surface area contributed by atoms with Crippen molar-refractivity contribution in [3.8, 4) is 0 Å². The molecule has 0 aromatic heterocycles. The molecule has 2 heterocycles. The van der Waals surface area contributed by atoms with Gasteiger partial charge in [-0.1, -0.05) is 0 Å². The molecule has 1 atom stereocenters. The van der Waals surface area contributed by atoms with Crippen LogP contribution in [-0.4, -0.2) is 95.7 Å². The van der Waals surface area contributed by atoms with Gasteiger partial charge < -0.3 is 14.7 Å². The van der Waals surface area contributed by atoms with E-state index in [1.165, 1.54) is 0 Å². The van der Waals surface area contributed by atoms with Gasteiger partial charge in [0.2, 0.25) is 17.7 Å². The summed E-state index contributed by atoms with van der Waals surface area (Å²) in [6.07, 6.45) is 0.898. The van der Waals surface area contributed by atoms with Gasteiger partial charge in [0, 0.05) is 66.2 Å². The SMILES string of the molecule is CC(=O)N1CCN(C(=O)C(C)N2CCCN(C(C)=O)CC2)CC1. The predicted octanol–water partition coefficient (Wildman–Crippen LogP) is -0.380. The van der Waals surface area contributed by atoms with Gasteiger partial charge in [0.15, 0.2) is 0 Å². The third kappa shape index (κ3) is 4.43. The largest absolute Gasteiger partial charge is 0.342 e. The Morgan fingerprint density at radius 3 is 1.74 bits per heavy atom. The van der Waals surface area contributed by atoms with E-state index in [1.807, 2.05) is 16.7 Å². The molecule has 0 saturated carbocycles. The van der Waals surface area contributed by atoms with Gasteiger partial charge in [-0.05, 0) is 13.3 Å². The highest BCUT2D eigenvalue weighted by Crippen LogP contribution is 2.12. The van der Waals surface area contributed by atoms with Crippen molar-refractivity contribution in [3.63, 3.8) is 0 Å². The third-order valence-electron chi connectivity index (χ3n) is 4.92. The fourth-order valence-corrected chi connectivity index (χ4v) is 3.30. The quantitative estimate of drug-likeness (QED) is 0.695. The summed E-state index contributed by atoms with van der Waals surface area (Å²) in [5, 5.41) is 0. The second-order valence-electron chi connectivity index (χ2n) is 6.40. The first-order chi connectivity index (χ1) is 10.9. The molecule has 0 N–H and O–H groups in total. The highest BCUT2D eigenvalue weighted by molar-refractivity contribution is 5.82. The second-order valence-corrected chi connectivity index (χ2v) is 6.40. The van der Waals surface area contributed by atoms with Crippen molar-refractivity contribution >= 4 is 17.7 Å². The van der Waals surface area contributed by atoms with Crippen LogP contribution in [0, 0.1) is 0 Å². The molecule has 0 aliphatic carbocycles. The molecule has 2 aliphatic rings. The number of amides is 3. The van der Waals surface area contributed by atoms with Gasteiger partial charge in [-0.15, -0.1) is 0 Å². The molecule has 2 fully saturated rings. The van der Waals surface area contributed by atoms with E-state index in [0.717, 1.165) is 26.1 Å². The van der Waals surface area contributed by atoms with Crippen LogP contribution >= 0.6 is 0 Å². The summed E-state index contributed by atoms with van der Waals surface area (Å²) in [5.41, 5.74) is 0. The highest BCUT2D eigenvalue weighted by atomic mass is 16.2. The van der Waals surface area contributed by atoms with E-state index in [1.54, 1.807) is 18.7 Å². The zero-order valence-corrected chi connectivity index (χ0v) is 14.5. The molecular formula is C16H28N4O3. The minimum atomic E-state index is -0.175. The average molecular weight is 324 g/mol. The average Bonchev–Trinajstić information content (AvgIpc) is 2.79. The van der Waals surface area contributed by atoms with Crippen LogP contribution in [-0.2, 0) is 14.4 Å². The Balaban J connectivity index is 1.87. The standard InChI is InChI=1S/C16H28N4O3/c1-13(17-5-4-6-18(8-7-17)14(2)21)16(23)20-11-9-19(10-12-20)15(3)22/h13H,4-12H2,1-3H3. The summed E-state index contributed by atoms with van der Waals surface area (Å²) in [5.74, 6) is 0.303. The van der Waals surface area contributed by atoms with Gasteiger partial charge in [-0.2, -0.15) is 0 Å². The number of hydrogen-bond donors (Lipinski definition) is 0. The first kappa shape index (κ1) is 17.7. The van der Waals surface area contributed by atoms with Crippen LogP contribution in [0.15, 0.2) is 0 Å². The Morgan fingerprint density at radius 2 is 1.17 bits per heavy atom. The molecule has 23 heavy (non-hydrogen) atoms. The van der Waals surface area contributed by atoms with Crippen molar-refractivity contribution in [3.05, 3.63) is 0 Å². The van der Waals surface area contributed by atoms with Crippen molar-refractivity contribution in [2.45, 2.75) is 33.2 Å². The lowest BCUT2D eigenvalue weighted by molar-refractivity contribution is -0.142. The van der Waals surface area contributed by atoms with Crippen LogP contribution in [0.2, 0.25) is 0 Å². The Morgan fingerprint density at radius 1 is 0.696 bits per heavy atom. The Labute approximate surface area is 138 Å². The molecule has 0 radical (unpaired) electrons. The van der Waals surface area contributed by atoms with E-state index in [4.69, 9.17) is 0 Å². The van der Waals surface area contributed by atoms with Crippen molar-refractivity contribution in [1.82, 2.24) is 19.6 Å². The summed E-state index contributed by atoms with van der Waals surface area (Å²) in [6, 6.07) is -0.175. The molecule has 0 bridgehead atoms. The van der Waals surface area contributed by atoms with Gasteiger partial charge in [0.05, 0.1) is 6.04 Å². The summed E-state index contributed by atoms with van der Waals surface area (Å²) in [7, 11) is 0. The molecule has 7 nitrogen and oxygen atoms in total. The number of carbonyl (C=O) groups excluding carboxylic acids is 3. The van der Waals surface area contributed by atoms with E-state index >= 15 is 0 Å². The van der Waals surface area contributed by atoms with E-state index in [2.05, 4.69) is 4.90 Å². The summed E-state index contributed by atoms with van der Waals surface area (Å²) in [4.78, 5) is 43.2. The summed E-state index contributed by atoms with van der Waals surface area (Å²) in [6.45, 7) is 10.6. The van der Waals surface area contributed by atoms with Crippen molar-refractivity contribution in [1.29, 1.82) is 0 Å². The van der Waals surface area contributed by atoms with E-state index in [9.17, 15) is 14.4 Å². The first-order valence-corrected chi connectivity index (χ1v) is 8.44. The van der Waals surface area contributed by atoms with Gasteiger partial charge in [0.1, 0.15) is 0 Å². The Bertz CT molecular complexity index is 460. The van der Waals surface area contributed by atoms with Gasteiger partial charge in [0.25, 0.3) is 0 Å². The smallest absolute Gasteiger partial charge is 0.239 e. The molecule has 3 amide bonds. The van der Waals surface area contributed by atoms with Crippen molar-refractivity contribution in [2.24, 2.45) is 0 Å². The van der Waals surface area contributed by atoms with E-state index < -0.39 is 0 Å². The molecule has 0 aromatic carbocycles. The number of piperazine rings is 1. The minimum Gasteiger partial charge on any atom is -0.342 e. The van der Waals surface area contributed by atoms with Crippen LogP contribution in [0.25, 0.3) is 0 Å². The number of rotatable bonds is 2. The van der Waals surface area contributed by atoms with E-state index in [0.29, 0.717) is 32.7 Å². The van der Waals surface area contributed by atoms with Crippen LogP contribution < -0.4 is 0 Å². The van der Waals surface area contributed by atoms with Crippen molar-refractivity contribution < 1.29 is 14.4 Å². The van der Waals surface area contributed by atoms with Gasteiger partial charge in [-0.25, -0.2) is 0 Å². The normalized spacial score (nSPS) is 21.8. The summed E-state index contributed by atoms with van der Waals surface area (Å²) >= 11 is 0. The lowest BCUT2D eigenvalue weighted by Crippen LogP contribution is -2.55. The van der Waals surface area contributed by atoms with Crippen molar-refractivity contribution in [2.75, 3.05) is 52.4 Å². The molecular weight excluding hydrogens is 296 g/mol. The van der Waals surface area contributed by atoms with Gasteiger partial charge in [-0.3, -0.25) is 19.3 Å². The lowest BCUT2D eigenvalue weighted by Gasteiger charge is -2.37. The van der Waals surface area contributed by atoms with Crippen LogP contribution in [0.1, 0.15) is 27.2 Å². The van der Waals surface area contributed by atoms with Crippen LogP contribution in [0.5, 0.6) is 0 Å². The molecule has 2 aliphatic heterocycles. The zero-order valence-electron chi connectivity index (χ0n) is 14.5. The first-order valence-electron chi connectivity index (χ1n) is 8.44. The topological polar surface area (TPSA) is 64.2 Å². The Kier molecular flexibility index (Phi) is 5.98. The molecule has 130 valence electrons. The predicted molar refractivity (Wildman–Crippen MR) is 86.7 cm³/mol. The molecule has 0 spiro atoms. The van der Waals surface area contributed by atoms with Crippen LogP contribution in [0.3, 0.4) is 0 Å². The molecule has 1 unspecified atom stereocenters. The lowest BCUT2D eigenvalue weighted by atomic mass is 10.2. The maximum atomic E-state index is 12.7. The molecule has 7 heteroatoms. The van der Waals surface area contributed by atoms with Gasteiger partial charge >= 0.3 is 0 Å². The minimum absolute atomic E-state index is 0.0713. The third-order valence-corrected chi connectivity index (χ3v) is 4.92. The van der Waals surface area contributed by atoms with Crippen LogP contribution in [0.4, 0.5) is 0 Å². The number of hydrogen-bond acceptors (Lipinski definition) is 4. The molecule has 0 aromatic rings. The Hall–Kier alpha value is -1.63. The maximum absolute atomic E-state index is 12.7. The summed E-state index contributed by atoms with van der Waals surface area (Å²) < 4.78 is 0.